The quantitative estimate of drug-likeness (QED) is 0.446. The Morgan fingerprint density at radius 2 is 1.50 bits per heavy atom. The third-order valence-electron chi connectivity index (χ3n) is 0.901. The highest BCUT2D eigenvalue weighted by atomic mass is 16.6. The summed E-state index contributed by atoms with van der Waals surface area (Å²) in [4.78, 5) is 0. The molecule has 0 amide bonds. The van der Waals surface area contributed by atoms with Gasteiger partial charge in [0.25, 0.3) is 0 Å². The van der Waals surface area contributed by atoms with Crippen LogP contribution < -0.4 is 0 Å². The van der Waals surface area contributed by atoms with Gasteiger partial charge in [-0.3, -0.25) is 0 Å². The Balaban J connectivity index is 0.000000219. The van der Waals surface area contributed by atoms with Crippen molar-refractivity contribution in [3.8, 4) is 0 Å². The summed E-state index contributed by atoms with van der Waals surface area (Å²) >= 11 is 0. The summed E-state index contributed by atoms with van der Waals surface area (Å²) in [6.45, 7) is 8.09. The van der Waals surface area contributed by atoms with E-state index in [0.717, 1.165) is 39.3 Å². The van der Waals surface area contributed by atoms with E-state index in [9.17, 15) is 0 Å². The van der Waals surface area contributed by atoms with Crippen LogP contribution in [0, 0.1) is 0 Å². The Morgan fingerprint density at radius 3 is 1.70 bits per heavy atom. The predicted molar refractivity (Wildman–Crippen MR) is 42.2 cm³/mol. The molecule has 1 rings (SSSR count). The first-order valence-electron chi connectivity index (χ1n) is 4.07. The maximum absolute atomic E-state index is 5.13. The third kappa shape index (κ3) is 15.7. The number of rotatable bonds is 4. The highest BCUT2D eigenvalue weighted by Crippen LogP contribution is 1.84. The smallest absolute Gasteiger partial charge is 0.0701 e. The molecule has 0 aromatic carbocycles. The molecule has 0 spiro atoms. The van der Waals surface area contributed by atoms with Crippen LogP contribution in [0.4, 0.5) is 0 Å². The third-order valence-corrected chi connectivity index (χ3v) is 0.901. The van der Waals surface area contributed by atoms with E-state index in [1.54, 1.807) is 0 Å². The molecule has 62 valence electrons. The van der Waals surface area contributed by atoms with Gasteiger partial charge in [-0.15, -0.1) is 0 Å². The van der Waals surface area contributed by atoms with E-state index in [-0.39, 0.29) is 0 Å². The Bertz CT molecular complexity index is 46.5. The zero-order valence-corrected chi connectivity index (χ0v) is 7.06. The van der Waals surface area contributed by atoms with E-state index in [1.807, 2.05) is 0 Å². The molecule has 2 heteroatoms. The van der Waals surface area contributed by atoms with Gasteiger partial charge in [-0.1, -0.05) is 13.8 Å². The minimum atomic E-state index is 0.924. The summed E-state index contributed by atoms with van der Waals surface area (Å²) in [5.74, 6) is 0. The molecule has 0 N–H and O–H groups in total. The molecular formula is C8H18O2. The standard InChI is InChI=1S/C6H14O.C2H4O/c1-3-5-7-6-4-2;1-2-3-1/h3-6H2,1-2H3;1-2H2. The van der Waals surface area contributed by atoms with Crippen LogP contribution in [-0.2, 0) is 9.47 Å². The Morgan fingerprint density at radius 1 is 1.10 bits per heavy atom. The Kier molecular flexibility index (Phi) is 8.85. The van der Waals surface area contributed by atoms with Gasteiger partial charge < -0.3 is 9.47 Å². The van der Waals surface area contributed by atoms with Crippen LogP contribution in [-0.4, -0.2) is 26.4 Å². The summed E-state index contributed by atoms with van der Waals surface area (Å²) in [5.41, 5.74) is 0. The fraction of sp³-hybridized carbons (Fsp3) is 1.00. The molecule has 0 aromatic rings. The molecule has 1 fully saturated rings. The van der Waals surface area contributed by atoms with E-state index in [2.05, 4.69) is 18.6 Å². The normalized spacial score (nSPS) is 13.8. The van der Waals surface area contributed by atoms with Crippen molar-refractivity contribution in [1.82, 2.24) is 0 Å². The minimum Gasteiger partial charge on any atom is -0.381 e. The lowest BCUT2D eigenvalue weighted by Gasteiger charge is -1.95. The van der Waals surface area contributed by atoms with Crippen molar-refractivity contribution in [3.05, 3.63) is 0 Å². The average Bonchev–Trinajstić information content (AvgIpc) is 2.73. The average molecular weight is 146 g/mol. The van der Waals surface area contributed by atoms with Gasteiger partial charge in [-0.2, -0.15) is 0 Å². The van der Waals surface area contributed by atoms with E-state index in [4.69, 9.17) is 4.74 Å². The molecule has 1 heterocycles. The second-order valence-electron chi connectivity index (χ2n) is 2.22. The van der Waals surface area contributed by atoms with Gasteiger partial charge in [0.15, 0.2) is 0 Å². The monoisotopic (exact) mass is 146 g/mol. The van der Waals surface area contributed by atoms with Crippen molar-refractivity contribution >= 4 is 0 Å². The molecule has 0 saturated carbocycles. The zero-order chi connectivity index (χ0) is 7.66. The molecule has 0 unspecified atom stereocenters. The van der Waals surface area contributed by atoms with Crippen LogP contribution in [0.3, 0.4) is 0 Å². The minimum absolute atomic E-state index is 0.924. The van der Waals surface area contributed by atoms with Crippen LogP contribution >= 0.6 is 0 Å². The summed E-state index contributed by atoms with van der Waals surface area (Å²) in [6.07, 6.45) is 2.28. The second kappa shape index (κ2) is 8.92. The number of epoxide rings is 1. The lowest BCUT2D eigenvalue weighted by Crippen LogP contribution is -1.92. The molecule has 0 aliphatic carbocycles. The van der Waals surface area contributed by atoms with Crippen molar-refractivity contribution < 1.29 is 9.47 Å². The molecular weight excluding hydrogens is 128 g/mol. The Hall–Kier alpha value is -0.0800. The molecule has 0 atom stereocenters. The number of hydrogen-bond donors (Lipinski definition) is 0. The van der Waals surface area contributed by atoms with E-state index < -0.39 is 0 Å². The first-order chi connectivity index (χ1) is 4.91. The van der Waals surface area contributed by atoms with Gasteiger partial charge in [-0.25, -0.2) is 0 Å². The van der Waals surface area contributed by atoms with Gasteiger partial charge in [0, 0.05) is 13.2 Å². The number of ether oxygens (including phenoxy) is 2. The summed E-state index contributed by atoms with van der Waals surface area (Å²) in [6, 6.07) is 0. The molecule has 1 aliphatic rings. The fourth-order valence-corrected chi connectivity index (χ4v) is 0.391. The first kappa shape index (κ1) is 9.92. The van der Waals surface area contributed by atoms with E-state index in [1.165, 1.54) is 0 Å². The maximum Gasteiger partial charge on any atom is 0.0701 e. The van der Waals surface area contributed by atoms with Crippen molar-refractivity contribution in [3.63, 3.8) is 0 Å². The van der Waals surface area contributed by atoms with E-state index in [0.29, 0.717) is 0 Å². The van der Waals surface area contributed by atoms with E-state index >= 15 is 0 Å². The summed E-state index contributed by atoms with van der Waals surface area (Å²) in [7, 11) is 0. The second-order valence-corrected chi connectivity index (χ2v) is 2.22. The Labute approximate surface area is 63.5 Å². The van der Waals surface area contributed by atoms with Gasteiger partial charge in [0.1, 0.15) is 0 Å². The van der Waals surface area contributed by atoms with Crippen molar-refractivity contribution in [2.75, 3.05) is 26.4 Å². The largest absolute Gasteiger partial charge is 0.381 e. The maximum atomic E-state index is 5.13. The van der Waals surface area contributed by atoms with Gasteiger partial charge in [0.05, 0.1) is 13.2 Å². The molecule has 0 aromatic heterocycles. The zero-order valence-electron chi connectivity index (χ0n) is 7.06. The van der Waals surface area contributed by atoms with Crippen LogP contribution in [0.2, 0.25) is 0 Å². The van der Waals surface area contributed by atoms with Crippen LogP contribution in [0.5, 0.6) is 0 Å². The summed E-state index contributed by atoms with van der Waals surface area (Å²) < 4.78 is 9.63. The molecule has 1 saturated heterocycles. The molecule has 2 nitrogen and oxygen atoms in total. The highest BCUT2D eigenvalue weighted by Gasteiger charge is 1.94. The molecule has 0 radical (unpaired) electrons. The van der Waals surface area contributed by atoms with Gasteiger partial charge in [0.2, 0.25) is 0 Å². The number of hydrogen-bond acceptors (Lipinski definition) is 2. The molecule has 0 bridgehead atoms. The fourth-order valence-electron chi connectivity index (χ4n) is 0.391. The van der Waals surface area contributed by atoms with Crippen LogP contribution in [0.1, 0.15) is 26.7 Å². The molecule has 1 aliphatic heterocycles. The predicted octanol–water partition coefficient (Wildman–Crippen LogP) is 1.84. The van der Waals surface area contributed by atoms with Crippen molar-refractivity contribution in [2.45, 2.75) is 26.7 Å². The van der Waals surface area contributed by atoms with Crippen molar-refractivity contribution in [1.29, 1.82) is 0 Å². The SMILES string of the molecule is C1CO1.CCCOCCC. The van der Waals surface area contributed by atoms with Gasteiger partial charge in [-0.05, 0) is 12.8 Å². The highest BCUT2D eigenvalue weighted by molar-refractivity contribution is 4.36. The first-order valence-corrected chi connectivity index (χ1v) is 4.07. The summed E-state index contributed by atoms with van der Waals surface area (Å²) in [5, 5.41) is 0. The van der Waals surface area contributed by atoms with Gasteiger partial charge >= 0.3 is 0 Å². The molecule has 10 heavy (non-hydrogen) atoms. The van der Waals surface area contributed by atoms with Crippen LogP contribution in [0.15, 0.2) is 0 Å². The topological polar surface area (TPSA) is 21.8 Å². The lowest BCUT2D eigenvalue weighted by atomic mass is 10.5. The lowest BCUT2D eigenvalue weighted by molar-refractivity contribution is 0.135. The van der Waals surface area contributed by atoms with Crippen molar-refractivity contribution in [2.24, 2.45) is 0 Å². The van der Waals surface area contributed by atoms with Crippen LogP contribution in [0.25, 0.3) is 0 Å².